The number of hydrogen-bond acceptors (Lipinski definition) is 9. The molecule has 0 spiro atoms. The summed E-state index contributed by atoms with van der Waals surface area (Å²) in [6.07, 6.45) is 11.4. The third-order valence-electron chi connectivity index (χ3n) is 8.64. The topological polar surface area (TPSA) is 150 Å². The second kappa shape index (κ2) is 18.7. The second-order valence-corrected chi connectivity index (χ2v) is 12.7. The van der Waals surface area contributed by atoms with E-state index in [9.17, 15) is 14.4 Å². The monoisotopic (exact) mass is 696 g/mol. The van der Waals surface area contributed by atoms with Gasteiger partial charge in [-0.1, -0.05) is 59.1 Å². The first-order chi connectivity index (χ1) is 24.8. The Morgan fingerprint density at radius 1 is 1.08 bits per heavy atom. The summed E-state index contributed by atoms with van der Waals surface area (Å²) >= 11 is 0. The molecule has 51 heavy (non-hydrogen) atoms. The number of amides is 3. The summed E-state index contributed by atoms with van der Waals surface area (Å²) in [6, 6.07) is 11.3. The van der Waals surface area contributed by atoms with Crippen molar-refractivity contribution in [2.24, 2.45) is 11.8 Å². The minimum absolute atomic E-state index is 0.0566. The average molecular weight is 697 g/mol. The highest BCUT2D eigenvalue weighted by atomic mass is 16.5. The first-order valence-corrected chi connectivity index (χ1v) is 17.9. The standard InChI is InChI=1S/C33H38N8O4.C4H8.C2H6/c1-5-7-20-12-13-35-22(14-20)18-41(3)33(44)28-15-24(21-10-11-21)25(17-36-28)23-8-6-9-26(31(23)45-4)38-27-16-29(37-19-42)39-40-30(27)32(43)34-2;1-4-2-3-4;1-2/h6,8-9,12-16,19,21,36H,5,7,10-11,17-18H2,1-4H3,(H,34,43)(H2,37,38,39,42);4H,2-3H2,1H3;1-2H3. The summed E-state index contributed by atoms with van der Waals surface area (Å²) in [7, 11) is 4.88. The fourth-order valence-corrected chi connectivity index (χ4v) is 5.61. The van der Waals surface area contributed by atoms with Crippen LogP contribution in [0.5, 0.6) is 5.75 Å². The highest BCUT2D eigenvalue weighted by Gasteiger charge is 2.33. The van der Waals surface area contributed by atoms with Gasteiger partial charge >= 0.3 is 0 Å². The molecule has 0 atom stereocenters. The molecule has 2 aliphatic carbocycles. The van der Waals surface area contributed by atoms with Crippen LogP contribution in [0.3, 0.4) is 0 Å². The van der Waals surface area contributed by atoms with Crippen molar-refractivity contribution in [3.8, 4) is 5.75 Å². The molecule has 0 radical (unpaired) electrons. The number of anilines is 3. The molecular formula is C39H52N8O4. The highest BCUT2D eigenvalue weighted by molar-refractivity contribution is 5.99. The van der Waals surface area contributed by atoms with Gasteiger partial charge in [0, 0.05) is 38.5 Å². The zero-order chi connectivity index (χ0) is 36.9. The minimum Gasteiger partial charge on any atom is -0.494 e. The Kier molecular flexibility index (Phi) is 14.1. The van der Waals surface area contributed by atoms with Gasteiger partial charge in [-0.3, -0.25) is 19.4 Å². The third-order valence-corrected chi connectivity index (χ3v) is 8.64. The van der Waals surface area contributed by atoms with Crippen LogP contribution >= 0.6 is 0 Å². The molecule has 12 heteroatoms. The van der Waals surface area contributed by atoms with Gasteiger partial charge in [0.25, 0.3) is 11.8 Å². The van der Waals surface area contributed by atoms with Crippen LogP contribution in [0.15, 0.2) is 59.9 Å². The van der Waals surface area contributed by atoms with Crippen LogP contribution in [0.4, 0.5) is 17.2 Å². The van der Waals surface area contributed by atoms with Crippen molar-refractivity contribution in [3.05, 3.63) is 82.5 Å². The molecule has 2 fully saturated rings. The molecule has 3 aromatic rings. The van der Waals surface area contributed by atoms with Crippen molar-refractivity contribution in [3.63, 3.8) is 0 Å². The number of ether oxygens (including phenoxy) is 1. The van der Waals surface area contributed by atoms with Gasteiger partial charge in [0.05, 0.1) is 30.7 Å². The summed E-state index contributed by atoms with van der Waals surface area (Å²) in [6.45, 7) is 9.28. The average Bonchev–Trinajstić information content (AvgIpc) is 4.10. The van der Waals surface area contributed by atoms with Gasteiger partial charge in [-0.05, 0) is 72.1 Å². The van der Waals surface area contributed by atoms with E-state index in [-0.39, 0.29) is 17.4 Å². The number of dihydropyridines is 1. The smallest absolute Gasteiger partial charge is 0.273 e. The number of pyridine rings is 1. The van der Waals surface area contributed by atoms with E-state index in [2.05, 4.69) is 56.4 Å². The van der Waals surface area contributed by atoms with E-state index in [1.54, 1.807) is 25.3 Å². The lowest BCUT2D eigenvalue weighted by Gasteiger charge is -2.26. The van der Waals surface area contributed by atoms with E-state index >= 15 is 0 Å². The van der Waals surface area contributed by atoms with Crippen molar-refractivity contribution >= 4 is 41.0 Å². The number of allylic oxidation sites excluding steroid dienone is 2. The van der Waals surface area contributed by atoms with Crippen molar-refractivity contribution in [2.75, 3.05) is 38.4 Å². The first-order valence-electron chi connectivity index (χ1n) is 17.9. The maximum absolute atomic E-state index is 13.6. The van der Waals surface area contributed by atoms with Crippen molar-refractivity contribution in [1.82, 2.24) is 30.7 Å². The zero-order valence-corrected chi connectivity index (χ0v) is 30.9. The number of nitrogens with zero attached hydrogens (tertiary/aromatic N) is 4. The molecule has 0 bridgehead atoms. The quantitative estimate of drug-likeness (QED) is 0.152. The predicted octanol–water partition coefficient (Wildman–Crippen LogP) is 6.26. The molecule has 1 aliphatic heterocycles. The van der Waals surface area contributed by atoms with Crippen molar-refractivity contribution in [2.45, 2.75) is 72.8 Å². The summed E-state index contributed by atoms with van der Waals surface area (Å²) in [4.78, 5) is 43.3. The Hall–Kier alpha value is -5.26. The molecule has 272 valence electrons. The van der Waals surface area contributed by atoms with Crippen LogP contribution in [-0.4, -0.2) is 66.1 Å². The molecule has 3 aliphatic rings. The van der Waals surface area contributed by atoms with Gasteiger partial charge in [0.1, 0.15) is 11.4 Å². The lowest BCUT2D eigenvalue weighted by molar-refractivity contribution is -0.126. The molecule has 1 aromatic carbocycles. The van der Waals surface area contributed by atoms with Crippen LogP contribution in [0.25, 0.3) is 5.57 Å². The van der Waals surface area contributed by atoms with Gasteiger partial charge < -0.3 is 30.9 Å². The molecule has 12 nitrogen and oxygen atoms in total. The summed E-state index contributed by atoms with van der Waals surface area (Å²) in [5, 5.41) is 19.5. The molecule has 6 rings (SSSR count). The maximum Gasteiger partial charge on any atom is 0.273 e. The summed E-state index contributed by atoms with van der Waals surface area (Å²) in [5.41, 5.74) is 6.63. The number of para-hydroxylation sites is 1. The van der Waals surface area contributed by atoms with Crippen LogP contribution in [0, 0.1) is 11.8 Å². The van der Waals surface area contributed by atoms with E-state index in [1.807, 2.05) is 44.2 Å². The lowest BCUT2D eigenvalue weighted by Crippen LogP contribution is -2.36. The van der Waals surface area contributed by atoms with Crippen LogP contribution in [-0.2, 0) is 22.6 Å². The lowest BCUT2D eigenvalue weighted by atomic mass is 9.92. The fraction of sp³-hybridized carbons (Fsp3) is 0.436. The Bertz CT molecular complexity index is 1750. The zero-order valence-electron chi connectivity index (χ0n) is 30.9. The number of methoxy groups -OCH3 is 1. The Labute approximate surface area is 301 Å². The van der Waals surface area contributed by atoms with Crippen LogP contribution in [0.1, 0.15) is 87.1 Å². The number of aromatic nitrogens is 3. The predicted molar refractivity (Wildman–Crippen MR) is 202 cm³/mol. The normalized spacial score (nSPS) is 14.7. The fourth-order valence-electron chi connectivity index (χ4n) is 5.61. The van der Waals surface area contributed by atoms with Crippen molar-refractivity contribution < 1.29 is 19.1 Å². The summed E-state index contributed by atoms with van der Waals surface area (Å²) in [5.74, 6) is 1.65. The number of rotatable bonds is 13. The number of nitrogens with one attached hydrogen (secondary N) is 4. The molecular weight excluding hydrogens is 644 g/mol. The summed E-state index contributed by atoms with van der Waals surface area (Å²) < 4.78 is 5.93. The molecule has 0 unspecified atom stereocenters. The number of hydrogen-bond donors (Lipinski definition) is 4. The Balaban J connectivity index is 0.000000893. The molecule has 3 amide bonds. The minimum atomic E-state index is -0.440. The number of carbonyl (C=O) groups excluding carboxylic acids is 3. The third kappa shape index (κ3) is 10.4. The van der Waals surface area contributed by atoms with Crippen LogP contribution < -0.4 is 26.0 Å². The van der Waals surface area contributed by atoms with Gasteiger partial charge in [0.15, 0.2) is 11.5 Å². The Morgan fingerprint density at radius 3 is 2.45 bits per heavy atom. The number of carbonyl (C=O) groups is 3. The van der Waals surface area contributed by atoms with E-state index < -0.39 is 5.91 Å². The van der Waals surface area contributed by atoms with Gasteiger partial charge in [-0.25, -0.2) is 0 Å². The highest BCUT2D eigenvalue weighted by Crippen LogP contribution is 2.45. The first kappa shape index (κ1) is 38.5. The van der Waals surface area contributed by atoms with Crippen molar-refractivity contribution in [1.29, 1.82) is 0 Å². The van der Waals surface area contributed by atoms with E-state index in [0.29, 0.717) is 48.2 Å². The van der Waals surface area contributed by atoms with E-state index in [1.165, 1.54) is 31.5 Å². The number of benzene rings is 1. The maximum atomic E-state index is 13.6. The number of likely N-dealkylation sites (N-methyl/N-ethyl adjacent to an activating group) is 1. The van der Waals surface area contributed by atoms with E-state index in [4.69, 9.17) is 4.74 Å². The van der Waals surface area contributed by atoms with Gasteiger partial charge in [-0.2, -0.15) is 0 Å². The molecule has 4 N–H and O–H groups in total. The molecule has 0 saturated heterocycles. The van der Waals surface area contributed by atoms with Gasteiger partial charge in [-0.15, -0.1) is 10.2 Å². The SMILES string of the molecule is CC.CC1CC1.CCCc1ccnc(CN(C)C(=O)C2=CC(C3CC3)=C(c3cccc(Nc4cc(NC=O)nnc4C(=O)NC)c3OC)CN2)c1. The molecule has 2 aromatic heterocycles. The second-order valence-electron chi connectivity index (χ2n) is 12.7. The number of aryl methyl sites for hydroxylation is 1. The Morgan fingerprint density at radius 2 is 1.82 bits per heavy atom. The van der Waals surface area contributed by atoms with Gasteiger partial charge in [0.2, 0.25) is 6.41 Å². The van der Waals surface area contributed by atoms with Crippen LogP contribution in [0.2, 0.25) is 0 Å². The van der Waals surface area contributed by atoms with E-state index in [0.717, 1.165) is 54.0 Å². The largest absolute Gasteiger partial charge is 0.494 e. The molecule has 2 saturated carbocycles. The molecule has 3 heterocycles.